The van der Waals surface area contributed by atoms with E-state index in [1.54, 1.807) is 78.9 Å². The van der Waals surface area contributed by atoms with Crippen molar-refractivity contribution in [2.45, 2.75) is 39.5 Å². The van der Waals surface area contributed by atoms with Crippen LogP contribution in [0.5, 0.6) is 11.5 Å². The third-order valence-corrected chi connectivity index (χ3v) is 15.9. The number of alkyl halides is 2. The van der Waals surface area contributed by atoms with Crippen LogP contribution in [-0.4, -0.2) is 88.6 Å². The molecule has 0 unspecified atom stereocenters. The Morgan fingerprint density at radius 1 is 0.556 bits per heavy atom. The van der Waals surface area contributed by atoms with E-state index in [0.29, 0.717) is 40.2 Å². The Balaban J connectivity index is 0.000000194. The molecule has 6 aromatic rings. The standard InChI is InChI=1S/C30H34N4O3S.C24H20F2N2O5S/c1-2-3-18-34-30(35)28(29(38(34,36)37)25-12-8-5-9-13-25)31-26-14-16-27(17-15-26)33-21-19-32(20-22-33)23-24-10-6-4-7-11-24;1-32-19-13-9-18(10-14-19)27-21-22(17-5-3-2-4-6-17)34(30,31)28(23(21)29)15-16-7-11-20(12-8-16)33-24(25)26/h4-17,31H,2-3,18-23H2,1H3;2-14,24,27H,15H2,1H3. The van der Waals surface area contributed by atoms with Crippen LogP contribution in [0.25, 0.3) is 9.81 Å². The molecule has 0 aliphatic carbocycles. The second-order valence-electron chi connectivity index (χ2n) is 17.0. The van der Waals surface area contributed by atoms with Crippen LogP contribution in [0.1, 0.15) is 42.0 Å². The summed E-state index contributed by atoms with van der Waals surface area (Å²) in [4.78, 5) is 31.4. The van der Waals surface area contributed by atoms with Crippen molar-refractivity contribution in [3.63, 3.8) is 0 Å². The highest BCUT2D eigenvalue weighted by atomic mass is 32.2. The van der Waals surface area contributed by atoms with E-state index in [0.717, 1.165) is 53.4 Å². The summed E-state index contributed by atoms with van der Waals surface area (Å²) >= 11 is 0. The highest BCUT2D eigenvalue weighted by Crippen LogP contribution is 2.39. The Hall–Kier alpha value is -7.54. The maximum atomic E-state index is 13.5. The summed E-state index contributed by atoms with van der Waals surface area (Å²) < 4.78 is 89.8. The Bertz CT molecular complexity index is 3120. The first-order valence-corrected chi connectivity index (χ1v) is 26.2. The second-order valence-corrected chi connectivity index (χ2v) is 20.6. The minimum atomic E-state index is -4.21. The molecule has 1 fully saturated rings. The van der Waals surface area contributed by atoms with Gasteiger partial charge in [-0.3, -0.25) is 14.5 Å². The Labute approximate surface area is 418 Å². The molecule has 0 aromatic heterocycles. The van der Waals surface area contributed by atoms with Gasteiger partial charge in [0.2, 0.25) is 0 Å². The molecule has 1 saturated heterocycles. The lowest BCUT2D eigenvalue weighted by molar-refractivity contribution is -0.123. The zero-order chi connectivity index (χ0) is 50.8. The van der Waals surface area contributed by atoms with E-state index in [2.05, 4.69) is 49.4 Å². The number of methoxy groups -OCH3 is 1. The molecule has 3 aliphatic rings. The first-order valence-electron chi connectivity index (χ1n) is 23.3. The first-order chi connectivity index (χ1) is 34.8. The minimum Gasteiger partial charge on any atom is -0.497 e. The molecule has 0 spiro atoms. The minimum absolute atomic E-state index is 0.0396. The molecular formula is C54H54F2N6O8S2. The maximum absolute atomic E-state index is 13.5. The average molecular weight is 1020 g/mol. The normalized spacial score (nSPS) is 16.5. The van der Waals surface area contributed by atoms with Gasteiger partial charge in [0.15, 0.2) is 0 Å². The zero-order valence-electron chi connectivity index (χ0n) is 39.7. The number of carbonyl (C=O) groups excluding carboxylic acids is 2. The molecule has 374 valence electrons. The third kappa shape index (κ3) is 11.6. The summed E-state index contributed by atoms with van der Waals surface area (Å²) in [7, 11) is -6.63. The number of hydrogen-bond donors (Lipinski definition) is 2. The van der Waals surface area contributed by atoms with Gasteiger partial charge in [-0.1, -0.05) is 116 Å². The van der Waals surface area contributed by atoms with E-state index in [9.17, 15) is 35.2 Å². The summed E-state index contributed by atoms with van der Waals surface area (Å²) in [5, 5.41) is 6.09. The van der Waals surface area contributed by atoms with Gasteiger partial charge in [-0.15, -0.1) is 0 Å². The topological polar surface area (TPSA) is 158 Å². The number of ether oxygens (including phenoxy) is 2. The second kappa shape index (κ2) is 22.7. The van der Waals surface area contributed by atoms with Crippen LogP contribution in [0.3, 0.4) is 0 Å². The van der Waals surface area contributed by atoms with Gasteiger partial charge in [0, 0.05) is 56.3 Å². The molecule has 0 saturated carbocycles. The number of halogens is 2. The van der Waals surface area contributed by atoms with Crippen LogP contribution in [0.4, 0.5) is 25.8 Å². The molecule has 3 aliphatic heterocycles. The molecule has 2 N–H and O–H groups in total. The number of rotatable bonds is 17. The highest BCUT2D eigenvalue weighted by molar-refractivity contribution is 8.00. The van der Waals surface area contributed by atoms with Gasteiger partial charge in [0.1, 0.15) is 32.7 Å². The number of nitrogens with one attached hydrogen (secondary N) is 2. The van der Waals surface area contributed by atoms with Crippen LogP contribution in [0.15, 0.2) is 175 Å². The number of piperazine rings is 1. The molecule has 14 nitrogen and oxygen atoms in total. The van der Waals surface area contributed by atoms with Crippen molar-refractivity contribution in [1.29, 1.82) is 0 Å². The molecule has 3 heterocycles. The molecular weight excluding hydrogens is 963 g/mol. The van der Waals surface area contributed by atoms with Gasteiger partial charge >= 0.3 is 6.61 Å². The molecule has 6 aromatic carbocycles. The van der Waals surface area contributed by atoms with Crippen molar-refractivity contribution in [2.24, 2.45) is 0 Å². The van der Waals surface area contributed by atoms with Gasteiger partial charge in [0.25, 0.3) is 31.9 Å². The van der Waals surface area contributed by atoms with Crippen molar-refractivity contribution >= 4 is 58.7 Å². The number of unbranched alkanes of at least 4 members (excludes halogenated alkanes) is 1. The van der Waals surface area contributed by atoms with Gasteiger partial charge < -0.3 is 25.0 Å². The third-order valence-electron chi connectivity index (χ3n) is 12.2. The maximum Gasteiger partial charge on any atom is 0.387 e. The van der Waals surface area contributed by atoms with Gasteiger partial charge in [-0.25, -0.2) is 25.4 Å². The lowest BCUT2D eigenvalue weighted by Crippen LogP contribution is -2.45. The van der Waals surface area contributed by atoms with E-state index in [4.69, 9.17) is 4.74 Å². The first kappa shape index (κ1) is 50.8. The number of anilines is 3. The van der Waals surface area contributed by atoms with Crippen molar-refractivity contribution in [3.8, 4) is 11.5 Å². The van der Waals surface area contributed by atoms with Gasteiger partial charge in [-0.2, -0.15) is 8.78 Å². The molecule has 0 bridgehead atoms. The molecule has 18 heteroatoms. The van der Waals surface area contributed by atoms with Crippen LogP contribution in [-0.2, 0) is 42.7 Å². The predicted molar refractivity (Wildman–Crippen MR) is 275 cm³/mol. The number of hydrogen-bond acceptors (Lipinski definition) is 12. The van der Waals surface area contributed by atoms with Crippen molar-refractivity contribution in [1.82, 2.24) is 13.5 Å². The van der Waals surface area contributed by atoms with Crippen molar-refractivity contribution in [2.75, 3.05) is 55.4 Å². The highest BCUT2D eigenvalue weighted by Gasteiger charge is 2.45. The van der Waals surface area contributed by atoms with Crippen LogP contribution in [0.2, 0.25) is 0 Å². The van der Waals surface area contributed by atoms with E-state index in [-0.39, 0.29) is 40.0 Å². The molecule has 2 amide bonds. The summed E-state index contributed by atoms with van der Waals surface area (Å²) in [5.41, 5.74) is 4.94. The van der Waals surface area contributed by atoms with Crippen LogP contribution in [0, 0.1) is 0 Å². The molecule has 0 atom stereocenters. The number of sulfonamides is 2. The lowest BCUT2D eigenvalue weighted by atomic mass is 10.1. The number of nitrogens with zero attached hydrogens (tertiary/aromatic N) is 4. The number of amides is 2. The largest absolute Gasteiger partial charge is 0.497 e. The Kier molecular flexibility index (Phi) is 16.0. The van der Waals surface area contributed by atoms with Crippen LogP contribution >= 0.6 is 0 Å². The Morgan fingerprint density at radius 2 is 1.01 bits per heavy atom. The van der Waals surface area contributed by atoms with E-state index < -0.39 is 38.5 Å². The fourth-order valence-corrected chi connectivity index (χ4v) is 11.9. The number of carbonyl (C=O) groups is 2. The predicted octanol–water partition coefficient (Wildman–Crippen LogP) is 9.21. The quantitative estimate of drug-likeness (QED) is 0.0894. The van der Waals surface area contributed by atoms with E-state index in [1.807, 2.05) is 43.3 Å². The Morgan fingerprint density at radius 3 is 1.51 bits per heavy atom. The van der Waals surface area contributed by atoms with Crippen molar-refractivity contribution < 1.29 is 44.7 Å². The fourth-order valence-electron chi connectivity index (χ4n) is 8.47. The van der Waals surface area contributed by atoms with Crippen LogP contribution < -0.4 is 25.0 Å². The number of benzene rings is 6. The monoisotopic (exact) mass is 1020 g/mol. The summed E-state index contributed by atoms with van der Waals surface area (Å²) in [6.07, 6.45) is 1.42. The van der Waals surface area contributed by atoms with Crippen molar-refractivity contribution in [3.05, 3.63) is 197 Å². The summed E-state index contributed by atoms with van der Waals surface area (Å²) in [6, 6.07) is 47.7. The van der Waals surface area contributed by atoms with Gasteiger partial charge in [-0.05, 0) is 89.3 Å². The SMILES string of the molecule is CCCCN1C(=O)C(Nc2ccc(N3CCN(Cc4ccccc4)CC3)cc2)=C(c2ccccc2)S1(=O)=O.COc1ccc(NC2=C(c3ccccc3)S(=O)(=O)N(Cc3ccc(OC(F)F)cc3)C2=O)cc1. The molecule has 72 heavy (non-hydrogen) atoms. The van der Waals surface area contributed by atoms with E-state index in [1.165, 1.54) is 36.9 Å². The smallest absolute Gasteiger partial charge is 0.387 e. The average Bonchev–Trinajstić information content (AvgIpc) is 3.69. The summed E-state index contributed by atoms with van der Waals surface area (Å²) in [5.74, 6) is -0.702. The summed E-state index contributed by atoms with van der Waals surface area (Å²) in [6.45, 7) is 3.71. The lowest BCUT2D eigenvalue weighted by Gasteiger charge is -2.36. The zero-order valence-corrected chi connectivity index (χ0v) is 41.3. The fraction of sp³-hybridized carbons (Fsp3) is 0.222. The van der Waals surface area contributed by atoms with E-state index >= 15 is 0 Å². The molecule has 9 rings (SSSR count). The molecule has 0 radical (unpaired) electrons. The van der Waals surface area contributed by atoms with Gasteiger partial charge in [0.05, 0.1) is 13.7 Å².